The number of amides is 3. The number of anilines is 1. The van der Waals surface area contributed by atoms with Gasteiger partial charge in [0.2, 0.25) is 0 Å². The number of nitrogens with zero attached hydrogens (tertiary/aromatic N) is 5. The van der Waals surface area contributed by atoms with Gasteiger partial charge in [-0.15, -0.1) is 0 Å². The topological polar surface area (TPSA) is 153 Å². The quantitative estimate of drug-likeness (QED) is 0.117. The van der Waals surface area contributed by atoms with Gasteiger partial charge in [-0.2, -0.15) is 0 Å². The van der Waals surface area contributed by atoms with Gasteiger partial charge in [-0.3, -0.25) is 14.6 Å². The van der Waals surface area contributed by atoms with Gasteiger partial charge >= 0.3 is 6.09 Å². The van der Waals surface area contributed by atoms with Crippen LogP contribution >= 0.6 is 21.6 Å². The number of aliphatic hydroxyl groups excluding tert-OH is 1. The lowest BCUT2D eigenvalue weighted by atomic mass is 10.1. The molecule has 2 saturated heterocycles. The average Bonchev–Trinajstić information content (AvgIpc) is 3.74. The third kappa shape index (κ3) is 8.04. The summed E-state index contributed by atoms with van der Waals surface area (Å²) in [6.45, 7) is 11.2. The summed E-state index contributed by atoms with van der Waals surface area (Å²) in [5.41, 5.74) is 2.97. The van der Waals surface area contributed by atoms with Crippen LogP contribution in [0.4, 0.5) is 16.2 Å². The molecule has 0 bridgehead atoms. The van der Waals surface area contributed by atoms with E-state index in [9.17, 15) is 19.5 Å². The minimum atomic E-state index is -1.42. The number of fused-ring (bicyclic) bond motifs is 4. The number of aromatic nitrogens is 1. The number of carbonyl (C=O) groups is 3. The summed E-state index contributed by atoms with van der Waals surface area (Å²) in [5, 5.41) is 12.4. The van der Waals surface area contributed by atoms with E-state index in [2.05, 4.69) is 23.1 Å². The summed E-state index contributed by atoms with van der Waals surface area (Å²) in [5.74, 6) is 0.844. The fourth-order valence-electron chi connectivity index (χ4n) is 7.03. The minimum Gasteiger partial charge on any atom is -0.493 e. The molecule has 16 heteroatoms. The molecule has 4 aliphatic heterocycles. The smallest absolute Gasteiger partial charge is 0.416 e. The highest BCUT2D eigenvalue weighted by atomic mass is 33.1. The fraction of sp³-hybridized carbons (Fsp3) is 0.375. The predicted molar refractivity (Wildman–Crippen MR) is 214 cm³/mol. The molecule has 3 aromatic rings. The Morgan fingerprint density at radius 1 is 0.929 bits per heavy atom. The molecule has 0 aliphatic carbocycles. The number of aliphatic hydroxyl groups is 1. The number of carbonyl (C=O) groups excluding carboxylic acids is 3. The van der Waals surface area contributed by atoms with Gasteiger partial charge < -0.3 is 38.6 Å². The number of ether oxygens (including phenoxy) is 5. The molecular weight excluding hydrogens is 759 g/mol. The lowest BCUT2D eigenvalue weighted by molar-refractivity contribution is 0.0491. The Labute approximate surface area is 332 Å². The first kappa shape index (κ1) is 39.1. The normalized spacial score (nSPS) is 20.4. The Bertz CT molecular complexity index is 2060. The molecule has 4 aliphatic rings. The third-order valence-corrected chi connectivity index (χ3v) is 12.5. The lowest BCUT2D eigenvalue weighted by Gasteiger charge is -2.31. The molecule has 0 radical (unpaired) electrons. The summed E-state index contributed by atoms with van der Waals surface area (Å²) < 4.78 is 29.2. The van der Waals surface area contributed by atoms with E-state index in [-0.39, 0.29) is 72.2 Å². The zero-order chi connectivity index (χ0) is 39.5. The van der Waals surface area contributed by atoms with E-state index in [0.717, 1.165) is 21.1 Å². The van der Waals surface area contributed by atoms with Gasteiger partial charge in [-0.1, -0.05) is 41.2 Å². The molecule has 56 heavy (non-hydrogen) atoms. The van der Waals surface area contributed by atoms with Gasteiger partial charge in [0.05, 0.1) is 62.0 Å². The summed E-state index contributed by atoms with van der Waals surface area (Å²) in [6, 6.07) is 11.2. The molecule has 5 heterocycles. The van der Waals surface area contributed by atoms with Crippen LogP contribution in [0, 0.1) is 0 Å². The second-order valence-electron chi connectivity index (χ2n) is 13.8. The van der Waals surface area contributed by atoms with Gasteiger partial charge in [0.15, 0.2) is 29.2 Å². The number of hydrogen-bond acceptors (Lipinski definition) is 13. The summed E-state index contributed by atoms with van der Waals surface area (Å²) in [4.78, 5) is 54.4. The van der Waals surface area contributed by atoms with Crippen molar-refractivity contribution in [2.75, 3.05) is 52.0 Å². The van der Waals surface area contributed by atoms with Gasteiger partial charge in [0.1, 0.15) is 11.6 Å². The van der Waals surface area contributed by atoms with Crippen LogP contribution in [-0.4, -0.2) is 115 Å². The first-order chi connectivity index (χ1) is 27.1. The van der Waals surface area contributed by atoms with Crippen LogP contribution in [0.2, 0.25) is 0 Å². The van der Waals surface area contributed by atoms with Gasteiger partial charge in [0.25, 0.3) is 11.8 Å². The van der Waals surface area contributed by atoms with Crippen molar-refractivity contribution in [1.29, 1.82) is 0 Å². The molecule has 4 unspecified atom stereocenters. The van der Waals surface area contributed by atoms with E-state index in [1.165, 1.54) is 52.8 Å². The van der Waals surface area contributed by atoms with Crippen molar-refractivity contribution in [3.05, 3.63) is 84.1 Å². The number of aliphatic imine (C=N–C) groups is 1. The largest absolute Gasteiger partial charge is 0.493 e. The van der Waals surface area contributed by atoms with Crippen LogP contribution in [-0.2, 0) is 4.74 Å². The maximum absolute atomic E-state index is 13.9. The van der Waals surface area contributed by atoms with E-state index >= 15 is 0 Å². The maximum Gasteiger partial charge on any atom is 0.416 e. The third-order valence-electron chi connectivity index (χ3n) is 9.76. The zero-order valence-electron chi connectivity index (χ0n) is 31.3. The van der Waals surface area contributed by atoms with Crippen molar-refractivity contribution < 1.29 is 43.2 Å². The predicted octanol–water partition coefficient (Wildman–Crippen LogP) is 6.31. The van der Waals surface area contributed by atoms with E-state index in [1.54, 1.807) is 29.4 Å². The van der Waals surface area contributed by atoms with Gasteiger partial charge in [-0.05, 0) is 54.8 Å². The molecule has 7 rings (SSSR count). The van der Waals surface area contributed by atoms with Crippen LogP contribution in [0.25, 0.3) is 0 Å². The van der Waals surface area contributed by atoms with Crippen LogP contribution in [0.5, 0.6) is 23.0 Å². The van der Waals surface area contributed by atoms with Crippen molar-refractivity contribution in [3.8, 4) is 23.0 Å². The number of pyridine rings is 1. The number of methoxy groups -OCH3 is 2. The molecule has 2 fully saturated rings. The summed E-state index contributed by atoms with van der Waals surface area (Å²) >= 11 is 0. The number of hydrogen-bond donors (Lipinski definition) is 1. The van der Waals surface area contributed by atoms with E-state index in [4.69, 9.17) is 23.7 Å². The SMILES string of the molecule is C=C1CC2C=Nc3cc(OCCCOc4cc5c(cc4OC)C(=O)N4CC(=C)CC4C(O)N5C(=O)OCC(C)SSc4ccccn4)c(OC)cc3C(=O)N2C1. The maximum atomic E-state index is 13.9. The molecule has 294 valence electrons. The Balaban J connectivity index is 1.05. The van der Waals surface area contributed by atoms with E-state index < -0.39 is 18.4 Å². The number of benzene rings is 2. The van der Waals surface area contributed by atoms with Crippen molar-refractivity contribution in [3.63, 3.8) is 0 Å². The zero-order valence-corrected chi connectivity index (χ0v) is 33.0. The van der Waals surface area contributed by atoms with E-state index in [1.807, 2.05) is 25.1 Å². The summed E-state index contributed by atoms with van der Waals surface area (Å²) in [6.07, 6.45) is 2.68. The van der Waals surface area contributed by atoms with Crippen molar-refractivity contribution in [1.82, 2.24) is 14.8 Å². The molecule has 0 spiro atoms. The first-order valence-corrected chi connectivity index (χ1v) is 20.3. The molecular formula is C40H43N5O9S2. The van der Waals surface area contributed by atoms with Crippen molar-refractivity contribution >= 4 is 57.1 Å². The highest BCUT2D eigenvalue weighted by molar-refractivity contribution is 8.76. The van der Waals surface area contributed by atoms with Crippen LogP contribution < -0.4 is 23.8 Å². The van der Waals surface area contributed by atoms with Crippen LogP contribution in [0.3, 0.4) is 0 Å². The molecule has 14 nitrogen and oxygen atoms in total. The molecule has 1 N–H and O–H groups in total. The van der Waals surface area contributed by atoms with Crippen molar-refractivity contribution in [2.24, 2.45) is 4.99 Å². The summed E-state index contributed by atoms with van der Waals surface area (Å²) in [7, 11) is 5.94. The second kappa shape index (κ2) is 16.9. The second-order valence-corrected chi connectivity index (χ2v) is 16.5. The Morgan fingerprint density at radius 3 is 2.32 bits per heavy atom. The van der Waals surface area contributed by atoms with Gasteiger partial charge in [-0.25, -0.2) is 14.7 Å². The highest BCUT2D eigenvalue weighted by Crippen LogP contribution is 2.43. The van der Waals surface area contributed by atoms with E-state index in [0.29, 0.717) is 48.6 Å². The molecule has 2 aromatic carbocycles. The Kier molecular flexibility index (Phi) is 11.8. The molecule has 3 amide bonds. The highest BCUT2D eigenvalue weighted by Gasteiger charge is 2.46. The standard InChI is InChI=1S/C40H43N5O9S2/c1-23-13-26-19-42-29-17-34(32(50-4)15-27(29)37(46)43(26)20-23)52-11-8-12-53-35-18-30-28(16-33(35)51-5)38(47)44-21-24(2)14-31(44)39(48)45(30)40(49)54-22-25(3)55-56-36-9-6-7-10-41-36/h6-7,9-10,15-19,25-26,31,39,48H,1-2,8,11-14,20-22H2,3-5H3. The monoisotopic (exact) mass is 801 g/mol. The Morgan fingerprint density at radius 2 is 1.61 bits per heavy atom. The lowest BCUT2D eigenvalue weighted by Crippen LogP contribution is -2.51. The van der Waals surface area contributed by atoms with Crippen molar-refractivity contribution in [2.45, 2.75) is 54.8 Å². The first-order valence-electron chi connectivity index (χ1n) is 18.1. The molecule has 1 aromatic heterocycles. The number of rotatable bonds is 13. The fourth-order valence-corrected chi connectivity index (χ4v) is 8.90. The van der Waals surface area contributed by atoms with Crippen LogP contribution in [0.15, 0.2) is 83.0 Å². The Hall–Kier alpha value is -5.19. The average molecular weight is 802 g/mol. The molecule has 0 saturated carbocycles. The van der Waals surface area contributed by atoms with Crippen LogP contribution in [0.1, 0.15) is 46.9 Å². The molecule has 4 atom stereocenters. The van der Waals surface area contributed by atoms with Gasteiger partial charge in [0, 0.05) is 49.3 Å². The minimum absolute atomic E-state index is 0.0449.